The molecular weight excluding hydrogens is 398 g/mol. The van der Waals surface area contributed by atoms with Crippen molar-refractivity contribution in [2.75, 3.05) is 0 Å². The van der Waals surface area contributed by atoms with E-state index in [-0.39, 0.29) is 31.1 Å². The molecule has 2 aromatic rings. The van der Waals surface area contributed by atoms with Gasteiger partial charge in [0.2, 0.25) is 5.91 Å². The first-order valence-corrected chi connectivity index (χ1v) is 9.88. The van der Waals surface area contributed by atoms with E-state index in [1.165, 1.54) is 11.0 Å². The van der Waals surface area contributed by atoms with E-state index in [4.69, 9.17) is 14.2 Å². The Morgan fingerprint density at radius 1 is 1.13 bits per heavy atom. The molecule has 2 aromatic carbocycles. The number of hydrogen-bond acceptors (Lipinski definition) is 6. The number of fused-ring (bicyclic) bond motifs is 1. The summed E-state index contributed by atoms with van der Waals surface area (Å²) in [5, 5.41) is 0. The average molecular weight is 419 g/mol. The Morgan fingerprint density at radius 3 is 2.52 bits per heavy atom. The lowest BCUT2D eigenvalue weighted by Gasteiger charge is -2.41. The maximum Gasteiger partial charge on any atom is 0.511 e. The molecule has 0 radical (unpaired) electrons. The van der Waals surface area contributed by atoms with Crippen molar-refractivity contribution in [2.24, 2.45) is 0 Å². The van der Waals surface area contributed by atoms with Crippen LogP contribution in [0.25, 0.3) is 6.08 Å². The Balaban J connectivity index is 1.56. The third-order valence-corrected chi connectivity index (χ3v) is 5.12. The quantitative estimate of drug-likeness (QED) is 0.294. The molecular formula is C24H21NO6. The third kappa shape index (κ3) is 4.21. The number of amides is 1. The van der Waals surface area contributed by atoms with Crippen molar-refractivity contribution in [1.29, 1.82) is 0 Å². The number of nitrogens with zero attached hydrogens (tertiary/aromatic N) is 1. The van der Waals surface area contributed by atoms with E-state index >= 15 is 0 Å². The summed E-state index contributed by atoms with van der Waals surface area (Å²) in [4.78, 5) is 37.5. The number of hydrogen-bond donors (Lipinski definition) is 0. The van der Waals surface area contributed by atoms with Crippen LogP contribution in [0, 0.1) is 0 Å². The van der Waals surface area contributed by atoms with Crippen molar-refractivity contribution < 1.29 is 28.6 Å². The fraction of sp³-hybridized carbons (Fsp3) is 0.208. The van der Waals surface area contributed by atoms with Gasteiger partial charge in [0, 0.05) is 12.5 Å². The van der Waals surface area contributed by atoms with Crippen LogP contribution in [0.3, 0.4) is 0 Å². The van der Waals surface area contributed by atoms with E-state index in [9.17, 15) is 14.4 Å². The highest BCUT2D eigenvalue weighted by molar-refractivity contribution is 5.85. The lowest BCUT2D eigenvalue weighted by Crippen LogP contribution is -2.60. The SMILES string of the molecule is O=CC=C1O[C@@H]2CC(=O)N2C1(CC=Cc1ccccc1)OC(=O)OCc1ccccc1. The fourth-order valence-corrected chi connectivity index (χ4v) is 3.65. The van der Waals surface area contributed by atoms with Crippen LogP contribution < -0.4 is 0 Å². The lowest BCUT2D eigenvalue weighted by atomic mass is 10.00. The number of rotatable bonds is 7. The highest BCUT2D eigenvalue weighted by Gasteiger charge is 2.62. The summed E-state index contributed by atoms with van der Waals surface area (Å²) in [5.41, 5.74) is 0.164. The molecule has 1 amide bonds. The van der Waals surface area contributed by atoms with Gasteiger partial charge < -0.3 is 14.2 Å². The molecule has 0 aliphatic carbocycles. The van der Waals surface area contributed by atoms with Gasteiger partial charge in [-0.05, 0) is 11.1 Å². The van der Waals surface area contributed by atoms with Crippen molar-refractivity contribution in [3.8, 4) is 0 Å². The van der Waals surface area contributed by atoms with Gasteiger partial charge in [-0.15, -0.1) is 0 Å². The largest absolute Gasteiger partial charge is 0.511 e. The fourth-order valence-electron chi connectivity index (χ4n) is 3.65. The number of β-lactam (4-membered cyclic amide) rings is 1. The van der Waals surface area contributed by atoms with Gasteiger partial charge in [-0.2, -0.15) is 0 Å². The first-order chi connectivity index (χ1) is 15.1. The van der Waals surface area contributed by atoms with Gasteiger partial charge in [-0.1, -0.05) is 72.8 Å². The zero-order chi connectivity index (χ0) is 21.7. The molecule has 31 heavy (non-hydrogen) atoms. The summed E-state index contributed by atoms with van der Waals surface area (Å²) in [6.07, 6.45) is 4.05. The molecule has 7 heteroatoms. The van der Waals surface area contributed by atoms with Crippen molar-refractivity contribution in [3.05, 3.63) is 89.7 Å². The first-order valence-electron chi connectivity index (χ1n) is 9.88. The lowest BCUT2D eigenvalue weighted by molar-refractivity contribution is -0.180. The van der Waals surface area contributed by atoms with E-state index in [1.54, 1.807) is 6.08 Å². The van der Waals surface area contributed by atoms with Gasteiger partial charge >= 0.3 is 6.16 Å². The van der Waals surface area contributed by atoms with Crippen LogP contribution in [0.15, 0.2) is 78.6 Å². The van der Waals surface area contributed by atoms with Gasteiger partial charge in [-0.25, -0.2) is 4.79 Å². The molecule has 2 saturated heterocycles. The summed E-state index contributed by atoms with van der Waals surface area (Å²) in [6.45, 7) is 0.0145. The van der Waals surface area contributed by atoms with Crippen LogP contribution in [0.4, 0.5) is 4.79 Å². The minimum atomic E-state index is -1.57. The van der Waals surface area contributed by atoms with Crippen LogP contribution in [0.1, 0.15) is 24.0 Å². The van der Waals surface area contributed by atoms with Crippen LogP contribution in [0.5, 0.6) is 0 Å². The molecule has 0 aromatic heterocycles. The second-order valence-corrected chi connectivity index (χ2v) is 7.14. The summed E-state index contributed by atoms with van der Waals surface area (Å²) in [7, 11) is 0. The zero-order valence-electron chi connectivity index (χ0n) is 16.7. The number of aldehydes is 1. The molecule has 2 heterocycles. The molecule has 0 N–H and O–H groups in total. The highest BCUT2D eigenvalue weighted by atomic mass is 16.8. The second-order valence-electron chi connectivity index (χ2n) is 7.14. The van der Waals surface area contributed by atoms with Gasteiger partial charge in [0.15, 0.2) is 12.0 Å². The highest BCUT2D eigenvalue weighted by Crippen LogP contribution is 2.47. The van der Waals surface area contributed by atoms with Crippen LogP contribution in [-0.2, 0) is 30.4 Å². The van der Waals surface area contributed by atoms with E-state index in [1.807, 2.05) is 66.7 Å². The van der Waals surface area contributed by atoms with E-state index in [0.717, 1.165) is 11.1 Å². The Hall–Kier alpha value is -3.87. The summed E-state index contributed by atoms with van der Waals surface area (Å²) < 4.78 is 16.6. The Kier molecular flexibility index (Phi) is 5.84. The van der Waals surface area contributed by atoms with Gasteiger partial charge in [-0.3, -0.25) is 14.5 Å². The molecule has 2 atom stereocenters. The predicted molar refractivity (Wildman–Crippen MR) is 111 cm³/mol. The number of carbonyl (C=O) groups is 3. The van der Waals surface area contributed by atoms with E-state index in [0.29, 0.717) is 6.29 Å². The van der Waals surface area contributed by atoms with Crippen molar-refractivity contribution in [1.82, 2.24) is 4.90 Å². The number of carbonyl (C=O) groups excluding carboxylic acids is 3. The first kappa shape index (κ1) is 20.4. The molecule has 0 bridgehead atoms. The minimum absolute atomic E-state index is 0.0145. The molecule has 2 aliphatic rings. The van der Waals surface area contributed by atoms with Gasteiger partial charge in [0.25, 0.3) is 5.72 Å². The maximum absolute atomic E-state index is 12.6. The number of allylic oxidation sites excluding steroid dienone is 1. The molecule has 2 fully saturated rings. The average Bonchev–Trinajstić information content (AvgIpc) is 3.01. The molecule has 7 nitrogen and oxygen atoms in total. The molecule has 0 spiro atoms. The minimum Gasteiger partial charge on any atom is -0.468 e. The Morgan fingerprint density at radius 2 is 1.84 bits per heavy atom. The molecule has 4 rings (SSSR count). The second kappa shape index (κ2) is 8.87. The smallest absolute Gasteiger partial charge is 0.468 e. The van der Waals surface area contributed by atoms with Crippen molar-refractivity contribution in [3.63, 3.8) is 0 Å². The zero-order valence-corrected chi connectivity index (χ0v) is 16.7. The summed E-state index contributed by atoms with van der Waals surface area (Å²) in [6, 6.07) is 18.7. The predicted octanol–water partition coefficient (Wildman–Crippen LogP) is 3.81. The van der Waals surface area contributed by atoms with Crippen molar-refractivity contribution in [2.45, 2.75) is 31.4 Å². The third-order valence-electron chi connectivity index (χ3n) is 5.12. The molecule has 0 saturated carbocycles. The van der Waals surface area contributed by atoms with Gasteiger partial charge in [0.1, 0.15) is 12.9 Å². The van der Waals surface area contributed by atoms with Crippen LogP contribution in [-0.4, -0.2) is 35.2 Å². The normalized spacial score (nSPS) is 23.2. The number of benzene rings is 2. The van der Waals surface area contributed by atoms with Crippen LogP contribution >= 0.6 is 0 Å². The summed E-state index contributed by atoms with van der Waals surface area (Å²) in [5.74, 6) is -0.129. The van der Waals surface area contributed by atoms with E-state index < -0.39 is 18.1 Å². The molecule has 1 unspecified atom stereocenters. The van der Waals surface area contributed by atoms with Crippen LogP contribution in [0.2, 0.25) is 0 Å². The topological polar surface area (TPSA) is 82.1 Å². The summed E-state index contributed by atoms with van der Waals surface area (Å²) >= 11 is 0. The molecule has 2 aliphatic heterocycles. The van der Waals surface area contributed by atoms with Crippen molar-refractivity contribution >= 4 is 24.4 Å². The number of ether oxygens (including phenoxy) is 3. The monoisotopic (exact) mass is 419 g/mol. The Bertz CT molecular complexity index is 1020. The van der Waals surface area contributed by atoms with Gasteiger partial charge in [0.05, 0.1) is 6.42 Å². The standard InChI is InChI=1S/C24H21NO6/c26-15-13-20-24(25-21(27)16-22(25)30-20,14-7-12-18-8-3-1-4-9-18)31-23(28)29-17-19-10-5-2-6-11-19/h1-13,15,22H,14,16-17H2/t22-,24?/m1/s1. The molecule has 158 valence electrons. The maximum atomic E-state index is 12.6. The Labute approximate surface area is 179 Å². The van der Waals surface area contributed by atoms with E-state index in [2.05, 4.69) is 0 Å².